The number of aryl methyl sites for hydroxylation is 4. The molecule has 0 saturated carbocycles. The number of nitrogens with two attached hydrogens (primary N) is 4. The van der Waals surface area contributed by atoms with E-state index in [1.54, 1.807) is 80.4 Å². The van der Waals surface area contributed by atoms with Crippen LogP contribution in [0, 0.1) is 49.6 Å². The van der Waals surface area contributed by atoms with Crippen molar-refractivity contribution in [1.29, 1.82) is 0 Å². The Morgan fingerprint density at radius 1 is 0.383 bits per heavy atom. The number of benzene rings is 4. The third kappa shape index (κ3) is 16.0. The normalized spacial score (nSPS) is 18.1. The largest absolute Gasteiger partial charge is 0.482 e. The molecule has 0 saturated heterocycles. The lowest BCUT2D eigenvalue weighted by atomic mass is 10.0. The highest BCUT2D eigenvalue weighted by molar-refractivity contribution is 5.99. The zero-order chi connectivity index (χ0) is 94.7. The van der Waals surface area contributed by atoms with E-state index >= 15 is 0 Å². The minimum Gasteiger partial charge on any atom is -0.482 e. The molecular weight excluding hydrogens is 1550 g/mol. The molecule has 16 rings (SSSR count). The molecule has 4 aliphatic rings. The van der Waals surface area contributed by atoms with E-state index in [1.807, 2.05) is 0 Å². The monoisotopic (exact) mass is 1630 g/mol. The number of nitrogens with zero attached hydrogens (tertiary/aromatic N) is 20. The zero-order valence-electron chi connectivity index (χ0n) is 75.1. The van der Waals surface area contributed by atoms with Crippen molar-refractivity contribution in [2.24, 2.45) is 28.2 Å². The first-order chi connectivity index (χ1) is 61.2. The molecule has 32 nitrogen and oxygen atoms in total. The Bertz CT molecular complexity index is 6610. The number of rotatable bonds is 0. The molecule has 608 valence electrons. The molecule has 4 amide bonds. The highest BCUT2D eigenvalue weighted by atomic mass is 19.1. The van der Waals surface area contributed by atoms with Crippen LogP contribution in [0.15, 0.2) is 122 Å². The first-order valence-corrected chi connectivity index (χ1v) is 36.0. The van der Waals surface area contributed by atoms with Gasteiger partial charge in [0, 0.05) is 132 Å². The number of nitrogen functional groups attached to an aromatic ring is 4. The van der Waals surface area contributed by atoms with Gasteiger partial charge < -0.3 is 80.9 Å². The van der Waals surface area contributed by atoms with Crippen LogP contribution in [0.25, 0.3) is 63.9 Å². The van der Waals surface area contributed by atoms with Crippen LogP contribution in [0.4, 0.5) is 64.1 Å². The second-order valence-electron chi connectivity index (χ2n) is 27.7. The summed E-state index contributed by atoms with van der Waals surface area (Å²) in [6.45, 7) is 25.6. The maximum atomic E-state index is 14.3. The average molecular weight is 1640 g/mol. The number of carbonyl (C=O) groups excluding carboxylic acids is 4. The lowest BCUT2D eigenvalue weighted by Crippen LogP contribution is -2.28. The van der Waals surface area contributed by atoms with Crippen LogP contribution >= 0.6 is 0 Å². The Morgan fingerprint density at radius 3 is 0.883 bits per heavy atom. The molecule has 4 atom stereocenters. The molecule has 12 heterocycles. The minimum atomic E-state index is -3.16. The molecule has 120 heavy (non-hydrogen) atoms. The van der Waals surface area contributed by atoms with Gasteiger partial charge in [-0.1, -0.05) is 26.3 Å². The quantitative estimate of drug-likeness (QED) is 0.0809. The Labute approximate surface area is 698 Å². The van der Waals surface area contributed by atoms with Gasteiger partial charge in [0.05, 0.1) is 55.7 Å². The topological polar surface area (TPSA) is 363 Å². The Kier molecular flexibility index (Phi) is 19.3. The summed E-state index contributed by atoms with van der Waals surface area (Å²) in [6, 6.07) is 19.9. The van der Waals surface area contributed by atoms with E-state index in [9.17, 15) is 36.7 Å². The fourth-order valence-electron chi connectivity index (χ4n) is 13.9. The number of pyridine rings is 4. The highest BCUT2D eigenvalue weighted by Gasteiger charge is 2.34. The fourth-order valence-corrected chi connectivity index (χ4v) is 13.9. The highest BCUT2D eigenvalue weighted by Crippen LogP contribution is 2.45. The summed E-state index contributed by atoms with van der Waals surface area (Å²) in [4.78, 5) is 88.2. The maximum absolute atomic E-state index is 14.3. The van der Waals surface area contributed by atoms with Gasteiger partial charge in [0.2, 0.25) is 0 Å². The molecule has 36 heteroatoms. The Hall–Kier alpha value is -15.7. The number of fused-ring (bicyclic) bond motifs is 20. The van der Waals surface area contributed by atoms with Crippen molar-refractivity contribution in [2.45, 2.75) is 78.2 Å². The van der Waals surface area contributed by atoms with Crippen molar-refractivity contribution in [3.8, 4) is 67.5 Å². The van der Waals surface area contributed by atoms with Gasteiger partial charge in [-0.15, -0.1) is 20.4 Å². The SMILES string of the molecule is [2H]C([2H])([2H])N1Cc2nn(C)c([N+]#[C-])c2-c2cnc(N)c(c2)O[C@@H](C)c2cc(F)ccc2C1=O.[2H]C([2H])([2H])N1Cc2nn(C)c([N+]#[C-])c2-c2cnc(N)c(c2)O[C@@H](C)c2cc(F)ccc2C1=O.[2H]C([2H])([2H])[C@@]1([2H])Oc2cc(cnc2N)-c2c(nn(C)c2[N+]#[C-])CN(C)C(=O)c2ccc(F)cc21.[C-]#[N+]c1c2c(nn1C)CN(C)C(=O)c1ccc(F)cc1[C@H](C)Oc1cc-2cnc1N. The van der Waals surface area contributed by atoms with Gasteiger partial charge in [-0.25, -0.2) is 56.2 Å². The number of halogens is 4. The summed E-state index contributed by atoms with van der Waals surface area (Å²) in [5.41, 5.74) is 28.8. The molecule has 8 N–H and O–H groups in total. The van der Waals surface area contributed by atoms with Crippen LogP contribution in [-0.4, -0.2) is 130 Å². The van der Waals surface area contributed by atoms with Crippen LogP contribution in [0.2, 0.25) is 0 Å². The summed E-state index contributed by atoms with van der Waals surface area (Å²) >= 11 is 0. The molecule has 0 spiro atoms. The molecule has 0 radical (unpaired) electrons. The first-order valence-electron chi connectivity index (χ1n) is 41.0. The Balaban J connectivity index is 0.000000148. The maximum Gasteiger partial charge on any atom is 0.260 e. The summed E-state index contributed by atoms with van der Waals surface area (Å²) in [7, 11) is 9.41. The predicted octanol–water partition coefficient (Wildman–Crippen LogP) is 13.9. The van der Waals surface area contributed by atoms with Gasteiger partial charge in [0.15, 0.2) is 46.3 Å². The van der Waals surface area contributed by atoms with Gasteiger partial charge in [-0.2, -0.15) is 0 Å². The molecule has 0 unspecified atom stereocenters. The van der Waals surface area contributed by atoms with Crippen LogP contribution in [0.3, 0.4) is 0 Å². The standard InChI is InChI=1S/4C21H19FN6O2/c4*1-11-15-8-13(22)5-6-14(15)21(29)27(3)10-16-18(20(24-2)28(4)26-16)12-7-17(30-11)19(23)25-9-12/h4*5-9,11H,10H2,1,3-4H3,(H2,23,25)/t4*11-/m1000/s1/i1D3,11D;2*3D3;. The Morgan fingerprint density at radius 2 is 0.625 bits per heavy atom. The van der Waals surface area contributed by atoms with Gasteiger partial charge in [-0.3, -0.25) is 19.2 Å². The van der Waals surface area contributed by atoms with Crippen LogP contribution in [-0.2, 0) is 54.4 Å². The van der Waals surface area contributed by atoms with E-state index in [-0.39, 0.29) is 122 Å². The number of anilines is 4. The predicted molar refractivity (Wildman–Crippen MR) is 433 cm³/mol. The van der Waals surface area contributed by atoms with Crippen LogP contribution < -0.4 is 41.9 Å². The molecule has 4 aromatic carbocycles. The van der Waals surface area contributed by atoms with E-state index < -0.39 is 105 Å². The lowest BCUT2D eigenvalue weighted by molar-refractivity contribution is 0.0771. The lowest BCUT2D eigenvalue weighted by Gasteiger charge is -2.23. The minimum absolute atomic E-state index is 0.0360. The van der Waals surface area contributed by atoms with Crippen molar-refractivity contribution in [1.82, 2.24) is 78.7 Å². The zero-order valence-corrected chi connectivity index (χ0v) is 65.1. The van der Waals surface area contributed by atoms with E-state index in [1.165, 1.54) is 90.6 Å². The van der Waals surface area contributed by atoms with E-state index in [4.69, 9.17) is 81.9 Å². The van der Waals surface area contributed by atoms with Crippen molar-refractivity contribution < 1.29 is 69.4 Å². The molecule has 12 aromatic rings. The van der Waals surface area contributed by atoms with Crippen LogP contribution in [0.1, 0.15) is 152 Å². The van der Waals surface area contributed by atoms with E-state index in [0.717, 1.165) is 42.5 Å². The number of ether oxygens (including phenoxy) is 4. The average Bonchev–Trinajstić information content (AvgIpc) is 1.18. The molecule has 0 aliphatic carbocycles. The van der Waals surface area contributed by atoms with Gasteiger partial charge in [0.25, 0.3) is 46.9 Å². The molecule has 0 fully saturated rings. The number of hydrogen-bond donors (Lipinski definition) is 4. The summed E-state index contributed by atoms with van der Waals surface area (Å²) in [6.07, 6.45) is 0.431. The third-order valence-electron chi connectivity index (χ3n) is 19.7. The van der Waals surface area contributed by atoms with Crippen LogP contribution in [0.5, 0.6) is 23.0 Å². The van der Waals surface area contributed by atoms with Crippen molar-refractivity contribution in [3.05, 3.63) is 258 Å². The second-order valence-corrected chi connectivity index (χ2v) is 27.7. The number of aromatic nitrogens is 12. The van der Waals surface area contributed by atoms with Gasteiger partial charge in [0.1, 0.15) is 70.4 Å². The molecular formula is C84H76F4N24O8. The smallest absolute Gasteiger partial charge is 0.260 e. The molecule has 8 bridgehead atoms. The van der Waals surface area contributed by atoms with Crippen molar-refractivity contribution in [2.75, 3.05) is 51.0 Å². The molecule has 8 aromatic heterocycles. The second kappa shape index (κ2) is 33.2. The van der Waals surface area contributed by atoms with Crippen molar-refractivity contribution in [3.63, 3.8) is 0 Å². The number of amides is 4. The number of carbonyl (C=O) groups is 4. The van der Waals surface area contributed by atoms with E-state index in [0.29, 0.717) is 82.6 Å². The summed E-state index contributed by atoms with van der Waals surface area (Å²) < 4.78 is 166. The summed E-state index contributed by atoms with van der Waals surface area (Å²) in [5.74, 6) is -4.11. The van der Waals surface area contributed by atoms with E-state index in [2.05, 4.69) is 59.7 Å². The fraction of sp³-hybridized carbons (Fsp3) is 0.238. The molecule has 4 aliphatic heterocycles. The third-order valence-corrected chi connectivity index (χ3v) is 19.7. The van der Waals surface area contributed by atoms with Gasteiger partial charge >= 0.3 is 0 Å². The number of hydrogen-bond acceptors (Lipinski definition) is 20. The van der Waals surface area contributed by atoms with Gasteiger partial charge in [-0.05, 0) is 147 Å². The van der Waals surface area contributed by atoms with Crippen molar-refractivity contribution >= 4 is 70.2 Å². The summed E-state index contributed by atoms with van der Waals surface area (Å²) in [5, 5.41) is 17.4. The first kappa shape index (κ1) is 69.8.